The Morgan fingerprint density at radius 3 is 2.48 bits per heavy atom. The third kappa shape index (κ3) is 5.29. The molecule has 0 bridgehead atoms. The van der Waals surface area contributed by atoms with E-state index in [-0.39, 0.29) is 5.91 Å². The van der Waals surface area contributed by atoms with Crippen molar-refractivity contribution in [2.24, 2.45) is 0 Å². The van der Waals surface area contributed by atoms with Crippen LogP contribution in [0.1, 0.15) is 30.0 Å². The molecule has 0 aromatic heterocycles. The highest BCUT2D eigenvalue weighted by molar-refractivity contribution is 6.01. The van der Waals surface area contributed by atoms with Gasteiger partial charge in [-0.25, -0.2) is 0 Å². The number of aryl methyl sites for hydroxylation is 2. The third-order valence-corrected chi connectivity index (χ3v) is 3.55. The van der Waals surface area contributed by atoms with E-state index in [0.29, 0.717) is 6.61 Å². The monoisotopic (exact) mass is 309 g/mol. The molecule has 0 aliphatic rings. The van der Waals surface area contributed by atoms with Gasteiger partial charge in [0.15, 0.2) is 0 Å². The van der Waals surface area contributed by atoms with Crippen LogP contribution in [0.25, 0.3) is 6.08 Å². The van der Waals surface area contributed by atoms with Crippen molar-refractivity contribution in [3.63, 3.8) is 0 Å². The van der Waals surface area contributed by atoms with E-state index < -0.39 is 0 Å². The Kier molecular flexibility index (Phi) is 5.98. The molecular formula is C20H23NO2. The topological polar surface area (TPSA) is 38.3 Å². The van der Waals surface area contributed by atoms with Crippen molar-refractivity contribution in [1.82, 2.24) is 0 Å². The maximum atomic E-state index is 12.0. The van der Waals surface area contributed by atoms with Crippen molar-refractivity contribution in [2.45, 2.75) is 27.2 Å². The highest BCUT2D eigenvalue weighted by Gasteiger charge is 2.00. The van der Waals surface area contributed by atoms with Gasteiger partial charge in [0.2, 0.25) is 5.91 Å². The maximum absolute atomic E-state index is 12.0. The Hall–Kier alpha value is -2.55. The van der Waals surface area contributed by atoms with Crippen molar-refractivity contribution in [1.29, 1.82) is 0 Å². The molecule has 2 aromatic rings. The largest absolute Gasteiger partial charge is 0.494 e. The standard InChI is InChI=1S/C20H23NO2/c1-4-13-23-19-10-6-17(7-11-19)8-12-20(22)21-18-9-5-15(2)16(3)14-18/h5-12,14H,4,13H2,1-3H3,(H,21,22)/b12-8+. The first-order valence-electron chi connectivity index (χ1n) is 7.87. The third-order valence-electron chi connectivity index (χ3n) is 3.55. The minimum absolute atomic E-state index is 0.139. The van der Waals surface area contributed by atoms with Crippen molar-refractivity contribution in [3.8, 4) is 5.75 Å². The van der Waals surface area contributed by atoms with Crippen LogP contribution in [0, 0.1) is 13.8 Å². The summed E-state index contributed by atoms with van der Waals surface area (Å²) in [6, 6.07) is 13.6. The van der Waals surface area contributed by atoms with E-state index in [1.54, 1.807) is 6.08 Å². The average molecular weight is 309 g/mol. The van der Waals surface area contributed by atoms with Crippen molar-refractivity contribution in [3.05, 3.63) is 65.2 Å². The molecule has 3 nitrogen and oxygen atoms in total. The molecule has 0 saturated carbocycles. The maximum Gasteiger partial charge on any atom is 0.248 e. The van der Waals surface area contributed by atoms with Crippen LogP contribution in [0.5, 0.6) is 5.75 Å². The Bertz CT molecular complexity index is 687. The number of benzene rings is 2. The number of carbonyl (C=O) groups excluding carboxylic acids is 1. The number of anilines is 1. The van der Waals surface area contributed by atoms with E-state index in [1.165, 1.54) is 11.6 Å². The first kappa shape index (κ1) is 16.8. The van der Waals surface area contributed by atoms with E-state index >= 15 is 0 Å². The van der Waals surface area contributed by atoms with Crippen LogP contribution < -0.4 is 10.1 Å². The summed E-state index contributed by atoms with van der Waals surface area (Å²) in [6.45, 7) is 6.87. The zero-order chi connectivity index (χ0) is 16.7. The fourth-order valence-corrected chi connectivity index (χ4v) is 2.07. The van der Waals surface area contributed by atoms with Crippen molar-refractivity contribution >= 4 is 17.7 Å². The summed E-state index contributed by atoms with van der Waals surface area (Å²) < 4.78 is 5.53. The van der Waals surface area contributed by atoms with Crippen LogP contribution >= 0.6 is 0 Å². The highest BCUT2D eigenvalue weighted by Crippen LogP contribution is 2.15. The van der Waals surface area contributed by atoms with Gasteiger partial charge in [-0.1, -0.05) is 25.1 Å². The molecule has 0 saturated heterocycles. The molecule has 0 fully saturated rings. The zero-order valence-electron chi connectivity index (χ0n) is 13.9. The molecular weight excluding hydrogens is 286 g/mol. The van der Waals surface area contributed by atoms with Gasteiger partial charge in [-0.3, -0.25) is 4.79 Å². The molecule has 0 aliphatic carbocycles. The number of hydrogen-bond donors (Lipinski definition) is 1. The summed E-state index contributed by atoms with van der Waals surface area (Å²) in [5.74, 6) is 0.711. The van der Waals surface area contributed by atoms with Gasteiger partial charge >= 0.3 is 0 Å². The smallest absolute Gasteiger partial charge is 0.248 e. The second-order valence-corrected chi connectivity index (χ2v) is 5.54. The first-order valence-corrected chi connectivity index (χ1v) is 7.87. The predicted molar refractivity (Wildman–Crippen MR) is 95.8 cm³/mol. The second kappa shape index (κ2) is 8.18. The normalized spacial score (nSPS) is 10.7. The quantitative estimate of drug-likeness (QED) is 0.782. The fraction of sp³-hybridized carbons (Fsp3) is 0.250. The number of hydrogen-bond acceptors (Lipinski definition) is 2. The number of rotatable bonds is 6. The summed E-state index contributed by atoms with van der Waals surface area (Å²) in [5, 5.41) is 2.87. The number of nitrogens with one attached hydrogen (secondary N) is 1. The lowest BCUT2D eigenvalue weighted by Gasteiger charge is -2.06. The van der Waals surface area contributed by atoms with Gasteiger partial charge in [-0.2, -0.15) is 0 Å². The predicted octanol–water partition coefficient (Wildman–Crippen LogP) is 4.74. The second-order valence-electron chi connectivity index (χ2n) is 5.54. The summed E-state index contributed by atoms with van der Waals surface area (Å²) in [5.41, 5.74) is 4.15. The Morgan fingerprint density at radius 1 is 1.09 bits per heavy atom. The molecule has 0 heterocycles. The molecule has 1 amide bonds. The number of carbonyl (C=O) groups is 1. The van der Waals surface area contributed by atoms with Gasteiger partial charge in [0.1, 0.15) is 5.75 Å². The lowest BCUT2D eigenvalue weighted by atomic mass is 10.1. The van der Waals surface area contributed by atoms with Crippen LogP contribution in [0.2, 0.25) is 0 Å². The van der Waals surface area contributed by atoms with Crippen LogP contribution in [0.3, 0.4) is 0 Å². The number of ether oxygens (including phenoxy) is 1. The average Bonchev–Trinajstić information content (AvgIpc) is 2.55. The van der Waals surface area contributed by atoms with E-state index in [0.717, 1.165) is 29.0 Å². The molecule has 0 unspecified atom stereocenters. The van der Waals surface area contributed by atoms with Gasteiger partial charge in [0.25, 0.3) is 0 Å². The lowest BCUT2D eigenvalue weighted by Crippen LogP contribution is -2.07. The summed E-state index contributed by atoms with van der Waals surface area (Å²) in [4.78, 5) is 12.0. The van der Waals surface area contributed by atoms with Gasteiger partial charge in [-0.05, 0) is 67.3 Å². The van der Waals surface area contributed by atoms with Gasteiger partial charge in [0, 0.05) is 11.8 Å². The molecule has 0 spiro atoms. The first-order chi connectivity index (χ1) is 11.1. The van der Waals surface area contributed by atoms with Crippen LogP contribution in [-0.4, -0.2) is 12.5 Å². The SMILES string of the molecule is CCCOc1ccc(/C=C/C(=O)Nc2ccc(C)c(C)c2)cc1. The minimum atomic E-state index is -0.139. The van der Waals surface area contributed by atoms with Gasteiger partial charge in [-0.15, -0.1) is 0 Å². The molecule has 2 rings (SSSR count). The molecule has 1 N–H and O–H groups in total. The van der Waals surface area contributed by atoms with Crippen LogP contribution in [0.4, 0.5) is 5.69 Å². The van der Waals surface area contributed by atoms with Crippen LogP contribution in [-0.2, 0) is 4.79 Å². The van der Waals surface area contributed by atoms with E-state index in [2.05, 4.69) is 19.2 Å². The molecule has 3 heteroatoms. The molecule has 23 heavy (non-hydrogen) atoms. The van der Waals surface area contributed by atoms with Crippen LogP contribution in [0.15, 0.2) is 48.5 Å². The van der Waals surface area contributed by atoms with Crippen molar-refractivity contribution in [2.75, 3.05) is 11.9 Å². The molecule has 120 valence electrons. The zero-order valence-corrected chi connectivity index (χ0v) is 13.9. The summed E-state index contributed by atoms with van der Waals surface area (Å²) in [6.07, 6.45) is 4.32. The van der Waals surface area contributed by atoms with E-state index in [1.807, 2.05) is 49.4 Å². The molecule has 0 radical (unpaired) electrons. The summed E-state index contributed by atoms with van der Waals surface area (Å²) >= 11 is 0. The molecule has 0 atom stereocenters. The highest BCUT2D eigenvalue weighted by atomic mass is 16.5. The lowest BCUT2D eigenvalue weighted by molar-refractivity contribution is -0.111. The minimum Gasteiger partial charge on any atom is -0.494 e. The van der Waals surface area contributed by atoms with Crippen molar-refractivity contribution < 1.29 is 9.53 Å². The Morgan fingerprint density at radius 2 is 1.83 bits per heavy atom. The van der Waals surface area contributed by atoms with E-state index in [9.17, 15) is 4.79 Å². The number of amides is 1. The Balaban J connectivity index is 1.93. The van der Waals surface area contributed by atoms with Gasteiger partial charge < -0.3 is 10.1 Å². The summed E-state index contributed by atoms with van der Waals surface area (Å²) in [7, 11) is 0. The molecule has 0 aliphatic heterocycles. The fourth-order valence-electron chi connectivity index (χ4n) is 2.07. The molecule has 2 aromatic carbocycles. The van der Waals surface area contributed by atoms with Gasteiger partial charge in [0.05, 0.1) is 6.61 Å². The Labute approximate surface area is 138 Å². The van der Waals surface area contributed by atoms with E-state index in [4.69, 9.17) is 4.74 Å².